The first kappa shape index (κ1) is 14.8. The van der Waals surface area contributed by atoms with Crippen molar-refractivity contribution < 1.29 is 13.2 Å². The van der Waals surface area contributed by atoms with Crippen molar-refractivity contribution in [1.82, 2.24) is 4.98 Å². The maximum Gasteiger partial charge on any atom is 0.416 e. The molecule has 0 saturated heterocycles. The lowest BCUT2D eigenvalue weighted by atomic mass is 10.0. The van der Waals surface area contributed by atoms with Crippen molar-refractivity contribution in [3.63, 3.8) is 0 Å². The molecule has 0 radical (unpaired) electrons. The maximum absolute atomic E-state index is 12.7. The summed E-state index contributed by atoms with van der Waals surface area (Å²) in [7, 11) is 0. The number of pyridine rings is 1. The van der Waals surface area contributed by atoms with Crippen LogP contribution in [0.4, 0.5) is 13.2 Å². The van der Waals surface area contributed by atoms with Gasteiger partial charge in [-0.1, -0.05) is 11.6 Å². The van der Waals surface area contributed by atoms with E-state index in [1.165, 1.54) is 12.3 Å². The first-order valence-electron chi connectivity index (χ1n) is 5.86. The number of alkyl halides is 3. The summed E-state index contributed by atoms with van der Waals surface area (Å²) in [5, 5.41) is 0.238. The first-order chi connectivity index (χ1) is 9.29. The normalized spacial score (nSPS) is 13.3. The van der Waals surface area contributed by atoms with Crippen molar-refractivity contribution in [2.24, 2.45) is 5.73 Å². The Balaban J connectivity index is 2.54. The van der Waals surface area contributed by atoms with E-state index in [1.54, 1.807) is 19.2 Å². The zero-order chi connectivity index (χ0) is 14.9. The van der Waals surface area contributed by atoms with Crippen LogP contribution in [0.25, 0.3) is 11.1 Å². The molecule has 0 aliphatic rings. The van der Waals surface area contributed by atoms with Gasteiger partial charge in [-0.05, 0) is 36.8 Å². The molecule has 1 atom stereocenters. The van der Waals surface area contributed by atoms with E-state index in [2.05, 4.69) is 4.98 Å². The minimum atomic E-state index is -4.41. The molecule has 20 heavy (non-hydrogen) atoms. The standard InChI is InChI=1S/C14H12ClF3N2/c1-8(19)9-4-10(7-20-6-9)12-5-11(14(16,17)18)2-3-13(12)15/h2-8H,19H2,1H3. The molecule has 0 bridgehead atoms. The summed E-state index contributed by atoms with van der Waals surface area (Å²) in [4.78, 5) is 4.00. The van der Waals surface area contributed by atoms with E-state index in [0.717, 1.165) is 17.7 Å². The number of benzene rings is 1. The molecule has 0 fully saturated rings. The minimum Gasteiger partial charge on any atom is -0.324 e. The van der Waals surface area contributed by atoms with Crippen LogP contribution in [0.1, 0.15) is 24.1 Å². The largest absolute Gasteiger partial charge is 0.416 e. The van der Waals surface area contributed by atoms with Gasteiger partial charge in [0.15, 0.2) is 0 Å². The van der Waals surface area contributed by atoms with Crippen molar-refractivity contribution in [1.29, 1.82) is 0 Å². The number of aromatic nitrogens is 1. The molecule has 2 N–H and O–H groups in total. The highest BCUT2D eigenvalue weighted by molar-refractivity contribution is 6.33. The highest BCUT2D eigenvalue weighted by Gasteiger charge is 2.31. The minimum absolute atomic E-state index is 0.238. The predicted molar refractivity (Wildman–Crippen MR) is 72.3 cm³/mol. The Bertz CT molecular complexity index is 624. The van der Waals surface area contributed by atoms with Crippen LogP contribution in [0, 0.1) is 0 Å². The van der Waals surface area contributed by atoms with Crippen molar-refractivity contribution in [2.75, 3.05) is 0 Å². The molecule has 2 rings (SSSR count). The average Bonchev–Trinajstić information content (AvgIpc) is 2.38. The third kappa shape index (κ3) is 3.11. The second-order valence-corrected chi connectivity index (χ2v) is 4.90. The lowest BCUT2D eigenvalue weighted by molar-refractivity contribution is -0.137. The Morgan fingerprint density at radius 1 is 1.20 bits per heavy atom. The second kappa shape index (κ2) is 5.42. The van der Waals surface area contributed by atoms with Crippen molar-refractivity contribution >= 4 is 11.6 Å². The molecule has 106 valence electrons. The zero-order valence-electron chi connectivity index (χ0n) is 10.6. The quantitative estimate of drug-likeness (QED) is 0.890. The SMILES string of the molecule is CC(N)c1cncc(-c2cc(C(F)(F)F)ccc2Cl)c1. The first-order valence-corrected chi connectivity index (χ1v) is 6.24. The Kier molecular flexibility index (Phi) is 4.01. The van der Waals surface area contributed by atoms with Crippen LogP contribution in [-0.2, 0) is 6.18 Å². The van der Waals surface area contributed by atoms with Crippen molar-refractivity contribution in [2.45, 2.75) is 19.1 Å². The number of halogens is 4. The Morgan fingerprint density at radius 2 is 1.90 bits per heavy atom. The average molecular weight is 301 g/mol. The molecule has 2 aromatic rings. The van der Waals surface area contributed by atoms with Crippen LogP contribution in [0.2, 0.25) is 5.02 Å². The van der Waals surface area contributed by atoms with Gasteiger partial charge in [0.2, 0.25) is 0 Å². The number of nitrogens with two attached hydrogens (primary N) is 1. The summed E-state index contributed by atoms with van der Waals surface area (Å²) in [6.07, 6.45) is -1.37. The monoisotopic (exact) mass is 300 g/mol. The van der Waals surface area contributed by atoms with E-state index >= 15 is 0 Å². The molecule has 1 heterocycles. The lowest BCUT2D eigenvalue weighted by Crippen LogP contribution is -2.06. The number of hydrogen-bond donors (Lipinski definition) is 1. The van der Waals surface area contributed by atoms with Gasteiger partial charge in [0.25, 0.3) is 0 Å². The van der Waals surface area contributed by atoms with Gasteiger partial charge in [-0.2, -0.15) is 13.2 Å². The van der Waals surface area contributed by atoms with Crippen LogP contribution in [0.5, 0.6) is 0 Å². The smallest absolute Gasteiger partial charge is 0.324 e. The van der Waals surface area contributed by atoms with Gasteiger partial charge in [0.05, 0.1) is 5.56 Å². The van der Waals surface area contributed by atoms with Gasteiger partial charge >= 0.3 is 6.18 Å². The molecular formula is C14H12ClF3N2. The van der Waals surface area contributed by atoms with Crippen LogP contribution in [-0.4, -0.2) is 4.98 Å². The molecule has 0 amide bonds. The van der Waals surface area contributed by atoms with Crippen LogP contribution in [0.15, 0.2) is 36.7 Å². The van der Waals surface area contributed by atoms with E-state index in [-0.39, 0.29) is 16.6 Å². The molecule has 2 nitrogen and oxygen atoms in total. The third-order valence-corrected chi connectivity index (χ3v) is 3.22. The fourth-order valence-electron chi connectivity index (χ4n) is 1.78. The molecule has 6 heteroatoms. The van der Waals surface area contributed by atoms with Gasteiger partial charge < -0.3 is 5.73 Å². The number of hydrogen-bond acceptors (Lipinski definition) is 2. The van der Waals surface area contributed by atoms with E-state index < -0.39 is 11.7 Å². The number of nitrogens with zero attached hydrogens (tertiary/aromatic N) is 1. The second-order valence-electron chi connectivity index (χ2n) is 4.49. The Morgan fingerprint density at radius 3 is 2.50 bits per heavy atom. The molecule has 0 spiro atoms. The van der Waals surface area contributed by atoms with E-state index in [1.807, 2.05) is 0 Å². The summed E-state index contributed by atoms with van der Waals surface area (Å²) in [5.74, 6) is 0. The van der Waals surface area contributed by atoms with Crippen LogP contribution in [0.3, 0.4) is 0 Å². The molecule has 1 aromatic heterocycles. The fraction of sp³-hybridized carbons (Fsp3) is 0.214. The van der Waals surface area contributed by atoms with Gasteiger partial charge in [0, 0.05) is 34.6 Å². The Hall–Kier alpha value is -1.59. The zero-order valence-corrected chi connectivity index (χ0v) is 11.3. The van der Waals surface area contributed by atoms with Crippen LogP contribution >= 0.6 is 11.6 Å². The van der Waals surface area contributed by atoms with E-state index in [4.69, 9.17) is 17.3 Å². The van der Waals surface area contributed by atoms with Gasteiger partial charge in [-0.3, -0.25) is 4.98 Å². The summed E-state index contributed by atoms with van der Waals surface area (Å²) in [6, 6.07) is 4.64. The van der Waals surface area contributed by atoms with Crippen molar-refractivity contribution in [3.8, 4) is 11.1 Å². The topological polar surface area (TPSA) is 38.9 Å². The predicted octanol–water partition coefficient (Wildman–Crippen LogP) is 4.44. The third-order valence-electron chi connectivity index (χ3n) is 2.89. The molecule has 1 aromatic carbocycles. The summed E-state index contributed by atoms with van der Waals surface area (Å²) >= 11 is 5.99. The summed E-state index contributed by atoms with van der Waals surface area (Å²) in [5.41, 5.74) is 6.53. The molecular weight excluding hydrogens is 289 g/mol. The molecule has 1 unspecified atom stereocenters. The fourth-order valence-corrected chi connectivity index (χ4v) is 2.00. The maximum atomic E-state index is 12.7. The van der Waals surface area contributed by atoms with Gasteiger partial charge in [-0.15, -0.1) is 0 Å². The highest BCUT2D eigenvalue weighted by Crippen LogP contribution is 2.36. The molecule has 0 saturated carbocycles. The highest BCUT2D eigenvalue weighted by atomic mass is 35.5. The lowest BCUT2D eigenvalue weighted by Gasteiger charge is -2.12. The van der Waals surface area contributed by atoms with E-state index in [9.17, 15) is 13.2 Å². The molecule has 0 aliphatic carbocycles. The van der Waals surface area contributed by atoms with Gasteiger partial charge in [-0.25, -0.2) is 0 Å². The van der Waals surface area contributed by atoms with Crippen molar-refractivity contribution in [3.05, 3.63) is 52.8 Å². The van der Waals surface area contributed by atoms with E-state index in [0.29, 0.717) is 5.56 Å². The summed E-state index contributed by atoms with van der Waals surface area (Å²) < 4.78 is 38.2. The van der Waals surface area contributed by atoms with Crippen LogP contribution < -0.4 is 5.73 Å². The number of rotatable bonds is 2. The Labute approximate surface area is 119 Å². The summed E-state index contributed by atoms with van der Waals surface area (Å²) in [6.45, 7) is 1.77. The van der Waals surface area contributed by atoms with Gasteiger partial charge in [0.1, 0.15) is 0 Å². The molecule has 0 aliphatic heterocycles.